The van der Waals surface area contributed by atoms with E-state index < -0.39 is 0 Å². The summed E-state index contributed by atoms with van der Waals surface area (Å²) in [7, 11) is 0. The molecule has 0 aromatic carbocycles. The average molecular weight is 391 g/mol. The zero-order valence-electron chi connectivity index (χ0n) is 13.8. The molecule has 0 saturated heterocycles. The highest BCUT2D eigenvalue weighted by Gasteiger charge is 2.48. The summed E-state index contributed by atoms with van der Waals surface area (Å²) in [5.74, 6) is 0.128. The lowest BCUT2D eigenvalue weighted by molar-refractivity contribution is -0.120. The number of carbonyl (C=O) groups is 2. The molecule has 0 unspecified atom stereocenters. The van der Waals surface area contributed by atoms with Crippen molar-refractivity contribution in [3.05, 3.63) is 46.0 Å². The van der Waals surface area contributed by atoms with E-state index in [9.17, 15) is 9.59 Å². The Morgan fingerprint density at radius 1 is 0.923 bits per heavy atom. The van der Waals surface area contributed by atoms with Gasteiger partial charge in [0.2, 0.25) is 11.8 Å². The summed E-state index contributed by atoms with van der Waals surface area (Å²) in [6.07, 6.45) is 7.91. The zero-order chi connectivity index (χ0) is 18.3. The van der Waals surface area contributed by atoms with Gasteiger partial charge in [-0.25, -0.2) is 9.97 Å². The number of amides is 2. The number of hydrogen-bond donors (Lipinski definition) is 2. The van der Waals surface area contributed by atoms with Gasteiger partial charge < -0.3 is 10.6 Å². The van der Waals surface area contributed by atoms with Crippen molar-refractivity contribution in [2.75, 3.05) is 10.6 Å². The summed E-state index contributed by atoms with van der Waals surface area (Å²) in [5.41, 5.74) is 3.29. The maximum atomic E-state index is 12.0. The van der Waals surface area contributed by atoms with Crippen molar-refractivity contribution in [2.45, 2.75) is 37.5 Å². The quantitative estimate of drug-likeness (QED) is 0.671. The Hall–Kier alpha value is -2.18. The van der Waals surface area contributed by atoms with Gasteiger partial charge in [0.05, 0.1) is 11.8 Å². The Morgan fingerprint density at radius 3 is 2.31 bits per heavy atom. The highest BCUT2D eigenvalue weighted by Crippen LogP contribution is 2.48. The van der Waals surface area contributed by atoms with Gasteiger partial charge in [0, 0.05) is 34.9 Å². The van der Waals surface area contributed by atoms with E-state index in [0.29, 0.717) is 16.7 Å². The van der Waals surface area contributed by atoms with Crippen LogP contribution in [0.2, 0.25) is 10.3 Å². The van der Waals surface area contributed by atoms with Crippen molar-refractivity contribution in [1.82, 2.24) is 9.97 Å². The molecule has 8 heteroatoms. The number of pyridine rings is 2. The third kappa shape index (κ3) is 2.93. The number of nitrogens with zero attached hydrogens (tertiary/aromatic N) is 2. The minimum atomic E-state index is -0.299. The predicted molar refractivity (Wildman–Crippen MR) is 99.6 cm³/mol. The van der Waals surface area contributed by atoms with Gasteiger partial charge >= 0.3 is 0 Å². The summed E-state index contributed by atoms with van der Waals surface area (Å²) in [5, 5.41) is 6.43. The molecule has 6 nitrogen and oxygen atoms in total. The van der Waals surface area contributed by atoms with Gasteiger partial charge in [-0.15, -0.1) is 0 Å². The average Bonchev–Trinajstić information content (AvgIpc) is 3.27. The Morgan fingerprint density at radius 2 is 1.58 bits per heavy atom. The SMILES string of the molecule is O=C1Cc2cnc(Cl)cc2N1.O=C1Nc2cc(Cl)ncc2C12CCCC2. The lowest BCUT2D eigenvalue weighted by atomic mass is 9.81. The van der Waals surface area contributed by atoms with E-state index in [2.05, 4.69) is 20.6 Å². The molecule has 26 heavy (non-hydrogen) atoms. The van der Waals surface area contributed by atoms with Gasteiger partial charge in [-0.3, -0.25) is 9.59 Å². The van der Waals surface area contributed by atoms with Crippen LogP contribution >= 0.6 is 23.2 Å². The number of fused-ring (bicyclic) bond motifs is 3. The molecule has 134 valence electrons. The summed E-state index contributed by atoms with van der Waals surface area (Å²) in [4.78, 5) is 30.7. The van der Waals surface area contributed by atoms with Crippen molar-refractivity contribution < 1.29 is 9.59 Å². The van der Waals surface area contributed by atoms with E-state index in [0.717, 1.165) is 48.2 Å². The Labute approximate surface area is 160 Å². The van der Waals surface area contributed by atoms with Gasteiger partial charge in [-0.2, -0.15) is 0 Å². The maximum Gasteiger partial charge on any atom is 0.235 e. The van der Waals surface area contributed by atoms with E-state index >= 15 is 0 Å². The molecule has 1 saturated carbocycles. The van der Waals surface area contributed by atoms with Crippen LogP contribution in [-0.4, -0.2) is 21.8 Å². The molecular weight excluding hydrogens is 375 g/mol. The normalized spacial score (nSPS) is 18.7. The zero-order valence-corrected chi connectivity index (χ0v) is 15.3. The number of aromatic nitrogens is 2. The lowest BCUT2D eigenvalue weighted by Gasteiger charge is -2.19. The Bertz CT molecular complexity index is 910. The highest BCUT2D eigenvalue weighted by molar-refractivity contribution is 6.30. The molecule has 5 rings (SSSR count). The second kappa shape index (κ2) is 6.52. The first kappa shape index (κ1) is 17.2. The Balaban J connectivity index is 0.000000136. The van der Waals surface area contributed by atoms with E-state index in [1.807, 2.05) is 0 Å². The van der Waals surface area contributed by atoms with Gasteiger partial charge in [-0.1, -0.05) is 36.0 Å². The topological polar surface area (TPSA) is 84.0 Å². The number of carbonyl (C=O) groups excluding carboxylic acids is 2. The first-order valence-electron chi connectivity index (χ1n) is 8.40. The summed E-state index contributed by atoms with van der Waals surface area (Å²) < 4.78 is 0. The van der Waals surface area contributed by atoms with E-state index in [1.54, 1.807) is 24.5 Å². The molecule has 2 aromatic heterocycles. The summed E-state index contributed by atoms with van der Waals surface area (Å²) >= 11 is 11.4. The molecule has 1 aliphatic carbocycles. The van der Waals surface area contributed by atoms with Crippen molar-refractivity contribution in [1.29, 1.82) is 0 Å². The van der Waals surface area contributed by atoms with Crippen LogP contribution in [0.15, 0.2) is 24.5 Å². The van der Waals surface area contributed by atoms with Crippen LogP contribution in [0, 0.1) is 0 Å². The fraction of sp³-hybridized carbons (Fsp3) is 0.333. The molecule has 2 N–H and O–H groups in total. The second-order valence-corrected chi connectivity index (χ2v) is 7.46. The van der Waals surface area contributed by atoms with Gasteiger partial charge in [-0.05, 0) is 25.0 Å². The maximum absolute atomic E-state index is 12.0. The number of halogens is 2. The van der Waals surface area contributed by atoms with Crippen molar-refractivity contribution in [3.8, 4) is 0 Å². The molecular formula is C18H16Cl2N4O2. The largest absolute Gasteiger partial charge is 0.325 e. The van der Waals surface area contributed by atoms with E-state index in [-0.39, 0.29) is 17.2 Å². The molecule has 1 fully saturated rings. The van der Waals surface area contributed by atoms with Crippen LogP contribution in [0.3, 0.4) is 0 Å². The highest BCUT2D eigenvalue weighted by atomic mass is 35.5. The minimum absolute atomic E-state index is 0.00377. The molecule has 3 aliphatic rings. The fourth-order valence-electron chi connectivity index (χ4n) is 3.84. The van der Waals surface area contributed by atoms with E-state index in [4.69, 9.17) is 23.2 Å². The molecule has 0 radical (unpaired) electrons. The molecule has 1 spiro atoms. The molecule has 4 heterocycles. The third-order valence-electron chi connectivity index (χ3n) is 5.10. The summed E-state index contributed by atoms with van der Waals surface area (Å²) in [6, 6.07) is 3.39. The van der Waals surface area contributed by atoms with Gasteiger partial charge in [0.15, 0.2) is 0 Å². The molecule has 2 aliphatic heterocycles. The van der Waals surface area contributed by atoms with Crippen LogP contribution in [0.4, 0.5) is 11.4 Å². The van der Waals surface area contributed by atoms with Crippen LogP contribution in [-0.2, 0) is 21.4 Å². The van der Waals surface area contributed by atoms with Crippen molar-refractivity contribution in [2.24, 2.45) is 0 Å². The van der Waals surface area contributed by atoms with Gasteiger partial charge in [0.1, 0.15) is 10.3 Å². The molecule has 0 atom stereocenters. The minimum Gasteiger partial charge on any atom is -0.325 e. The number of hydrogen-bond acceptors (Lipinski definition) is 4. The van der Waals surface area contributed by atoms with E-state index in [1.165, 1.54) is 0 Å². The molecule has 2 amide bonds. The molecule has 2 aromatic rings. The smallest absolute Gasteiger partial charge is 0.235 e. The van der Waals surface area contributed by atoms with Crippen LogP contribution in [0.1, 0.15) is 36.8 Å². The first-order chi connectivity index (χ1) is 12.5. The van der Waals surface area contributed by atoms with Crippen molar-refractivity contribution in [3.63, 3.8) is 0 Å². The number of nitrogens with one attached hydrogen (secondary N) is 2. The summed E-state index contributed by atoms with van der Waals surface area (Å²) in [6.45, 7) is 0. The first-order valence-corrected chi connectivity index (χ1v) is 9.15. The lowest BCUT2D eigenvalue weighted by Crippen LogP contribution is -2.30. The molecule has 0 bridgehead atoms. The van der Waals surface area contributed by atoms with Gasteiger partial charge in [0.25, 0.3) is 0 Å². The van der Waals surface area contributed by atoms with Crippen LogP contribution < -0.4 is 10.6 Å². The predicted octanol–water partition coefficient (Wildman–Crippen LogP) is 3.73. The number of rotatable bonds is 0. The third-order valence-corrected chi connectivity index (χ3v) is 5.52. The standard InChI is InChI=1S/C11H11ClN2O.C7H5ClN2O/c12-9-5-8-7(6-13-9)11(10(15)14-8)3-1-2-4-11;8-6-2-5-4(3-9-6)1-7(11)10-5/h5-6H,1-4H2,(H,14,15);2-3H,1H2,(H,10,11). The fourth-order valence-corrected chi connectivity index (χ4v) is 4.15. The van der Waals surface area contributed by atoms with Crippen LogP contribution in [0.25, 0.3) is 0 Å². The number of anilines is 2. The second-order valence-electron chi connectivity index (χ2n) is 6.69. The van der Waals surface area contributed by atoms with Crippen molar-refractivity contribution >= 4 is 46.4 Å². The Kier molecular flexibility index (Phi) is 4.32. The monoisotopic (exact) mass is 390 g/mol. The van der Waals surface area contributed by atoms with Crippen LogP contribution in [0.5, 0.6) is 0 Å².